The van der Waals surface area contributed by atoms with Gasteiger partial charge in [-0.05, 0) is 13.3 Å². The molecule has 0 aromatic carbocycles. The Balaban J connectivity index is 3.15. The number of nitrogens with two attached hydrogens (primary N) is 2. The van der Waals surface area contributed by atoms with E-state index in [0.717, 1.165) is 17.8 Å². The van der Waals surface area contributed by atoms with Crippen LogP contribution in [0.2, 0.25) is 0 Å². The van der Waals surface area contributed by atoms with Crippen LogP contribution < -0.4 is 16.8 Å². The monoisotopic (exact) mass is 315 g/mol. The van der Waals surface area contributed by atoms with Crippen LogP contribution in [0.15, 0.2) is 0 Å². The van der Waals surface area contributed by atoms with Crippen molar-refractivity contribution >= 4 is 33.9 Å². The first-order chi connectivity index (χ1) is 9.96. The standard InChI is InChI=1S/C13H21N3O4S/c1-4-7(6-19-3)16-12-8(11(15)17)9(14)10(21-12)13(18)20-5-2/h7,16H,4-6,14H2,1-3H3,(H2,15,17). The summed E-state index contributed by atoms with van der Waals surface area (Å²) in [6, 6.07) is -0.0128. The molecular formula is C13H21N3O4S. The highest BCUT2D eigenvalue weighted by Crippen LogP contribution is 2.36. The summed E-state index contributed by atoms with van der Waals surface area (Å²) in [7, 11) is 1.59. The fourth-order valence-corrected chi connectivity index (χ4v) is 2.88. The molecule has 0 aliphatic carbocycles. The normalized spacial score (nSPS) is 12.0. The lowest BCUT2D eigenvalue weighted by Gasteiger charge is -2.16. The molecule has 1 aromatic heterocycles. The SMILES string of the molecule is CCOC(=O)c1sc(NC(CC)COC)c(C(N)=O)c1N. The first-order valence-corrected chi connectivity index (χ1v) is 7.42. The van der Waals surface area contributed by atoms with Gasteiger partial charge in [-0.1, -0.05) is 6.92 Å². The summed E-state index contributed by atoms with van der Waals surface area (Å²) in [4.78, 5) is 23.6. The van der Waals surface area contributed by atoms with Gasteiger partial charge in [-0.2, -0.15) is 0 Å². The van der Waals surface area contributed by atoms with Crippen molar-refractivity contribution < 1.29 is 19.1 Å². The lowest BCUT2D eigenvalue weighted by molar-refractivity contribution is 0.0533. The van der Waals surface area contributed by atoms with Gasteiger partial charge in [-0.15, -0.1) is 11.3 Å². The van der Waals surface area contributed by atoms with E-state index in [-0.39, 0.29) is 28.8 Å². The summed E-state index contributed by atoms with van der Waals surface area (Å²) < 4.78 is 10.0. The largest absolute Gasteiger partial charge is 0.462 e. The van der Waals surface area contributed by atoms with Crippen LogP contribution in [-0.4, -0.2) is 38.2 Å². The lowest BCUT2D eigenvalue weighted by Crippen LogP contribution is -2.25. The van der Waals surface area contributed by atoms with Crippen LogP contribution in [0.1, 0.15) is 40.3 Å². The number of hydrogen-bond donors (Lipinski definition) is 3. The first kappa shape index (κ1) is 17.3. The molecule has 1 aromatic rings. The molecule has 7 nitrogen and oxygen atoms in total. The van der Waals surface area contributed by atoms with E-state index in [1.165, 1.54) is 0 Å². The summed E-state index contributed by atoms with van der Waals surface area (Å²) in [5.74, 6) is -1.25. The van der Waals surface area contributed by atoms with Gasteiger partial charge in [-0.25, -0.2) is 4.79 Å². The van der Waals surface area contributed by atoms with Gasteiger partial charge in [0.2, 0.25) is 0 Å². The molecule has 1 amide bonds. The molecule has 0 spiro atoms. The molecule has 0 aliphatic heterocycles. The van der Waals surface area contributed by atoms with Gasteiger partial charge in [0.1, 0.15) is 9.88 Å². The number of rotatable bonds is 8. The number of methoxy groups -OCH3 is 1. The molecule has 0 saturated carbocycles. The second-order valence-electron chi connectivity index (χ2n) is 4.34. The Kier molecular flexibility index (Phi) is 6.44. The number of primary amides is 1. The minimum Gasteiger partial charge on any atom is -0.462 e. The zero-order valence-corrected chi connectivity index (χ0v) is 13.2. The predicted molar refractivity (Wildman–Crippen MR) is 82.8 cm³/mol. The number of anilines is 2. The highest BCUT2D eigenvalue weighted by Gasteiger charge is 2.26. The molecular weight excluding hydrogens is 294 g/mol. The Bertz CT molecular complexity index is 516. The minimum atomic E-state index is -0.686. The van der Waals surface area contributed by atoms with Crippen LogP contribution in [0.25, 0.3) is 0 Å². The fraction of sp³-hybridized carbons (Fsp3) is 0.538. The van der Waals surface area contributed by atoms with Gasteiger partial charge in [0, 0.05) is 13.2 Å². The number of amides is 1. The van der Waals surface area contributed by atoms with E-state index >= 15 is 0 Å². The summed E-state index contributed by atoms with van der Waals surface area (Å²) in [6.07, 6.45) is 0.776. The summed E-state index contributed by atoms with van der Waals surface area (Å²) in [5, 5.41) is 3.61. The van der Waals surface area contributed by atoms with E-state index in [4.69, 9.17) is 20.9 Å². The maximum atomic E-state index is 11.8. The van der Waals surface area contributed by atoms with E-state index < -0.39 is 11.9 Å². The van der Waals surface area contributed by atoms with E-state index in [1.807, 2.05) is 6.92 Å². The van der Waals surface area contributed by atoms with Crippen molar-refractivity contribution in [2.45, 2.75) is 26.3 Å². The third-order valence-corrected chi connectivity index (χ3v) is 3.97. The minimum absolute atomic E-state index is 0.0128. The Morgan fingerprint density at radius 2 is 2.05 bits per heavy atom. The maximum Gasteiger partial charge on any atom is 0.350 e. The number of ether oxygens (including phenoxy) is 2. The van der Waals surface area contributed by atoms with E-state index in [2.05, 4.69) is 5.32 Å². The van der Waals surface area contributed by atoms with Gasteiger partial charge in [0.25, 0.3) is 5.91 Å². The van der Waals surface area contributed by atoms with Crippen molar-refractivity contribution in [3.63, 3.8) is 0 Å². The van der Waals surface area contributed by atoms with Gasteiger partial charge in [0.05, 0.1) is 24.5 Å². The van der Waals surface area contributed by atoms with Crippen LogP contribution >= 0.6 is 11.3 Å². The molecule has 0 radical (unpaired) electrons. The molecule has 1 unspecified atom stereocenters. The van der Waals surface area contributed by atoms with Gasteiger partial charge >= 0.3 is 5.97 Å². The van der Waals surface area contributed by atoms with Crippen molar-refractivity contribution in [2.75, 3.05) is 31.4 Å². The molecule has 21 heavy (non-hydrogen) atoms. The fourth-order valence-electron chi connectivity index (χ4n) is 1.79. The van der Waals surface area contributed by atoms with Crippen molar-refractivity contribution in [1.29, 1.82) is 0 Å². The Morgan fingerprint density at radius 1 is 1.38 bits per heavy atom. The highest BCUT2D eigenvalue weighted by molar-refractivity contribution is 7.19. The van der Waals surface area contributed by atoms with Crippen LogP contribution in [-0.2, 0) is 9.47 Å². The van der Waals surface area contributed by atoms with Crippen LogP contribution in [0.5, 0.6) is 0 Å². The molecule has 0 saturated heterocycles. The molecule has 0 aliphatic rings. The molecule has 0 fully saturated rings. The number of carbonyl (C=O) groups is 2. The summed E-state index contributed by atoms with van der Waals surface area (Å²) in [6.45, 7) is 4.36. The third kappa shape index (κ3) is 4.08. The smallest absolute Gasteiger partial charge is 0.350 e. The molecule has 8 heteroatoms. The molecule has 1 rings (SSSR count). The number of thiophene rings is 1. The topological polar surface area (TPSA) is 117 Å². The summed E-state index contributed by atoms with van der Waals surface area (Å²) in [5.41, 5.74) is 11.4. The van der Waals surface area contributed by atoms with Gasteiger partial charge < -0.3 is 26.3 Å². The zero-order chi connectivity index (χ0) is 16.0. The lowest BCUT2D eigenvalue weighted by atomic mass is 10.2. The van der Waals surface area contributed by atoms with Gasteiger partial charge in [-0.3, -0.25) is 4.79 Å². The Hall–Kier alpha value is -1.80. The van der Waals surface area contributed by atoms with Crippen molar-refractivity contribution in [1.82, 2.24) is 0 Å². The van der Waals surface area contributed by atoms with Crippen LogP contribution in [0.3, 0.4) is 0 Å². The number of nitrogens with one attached hydrogen (secondary N) is 1. The highest BCUT2D eigenvalue weighted by atomic mass is 32.1. The van der Waals surface area contributed by atoms with Crippen molar-refractivity contribution in [3.05, 3.63) is 10.4 Å². The molecule has 1 atom stereocenters. The van der Waals surface area contributed by atoms with Gasteiger partial charge in [0.15, 0.2) is 0 Å². The van der Waals surface area contributed by atoms with Crippen molar-refractivity contribution in [2.24, 2.45) is 5.73 Å². The Morgan fingerprint density at radius 3 is 2.52 bits per heavy atom. The quantitative estimate of drug-likeness (QED) is 0.625. The second kappa shape index (κ2) is 7.84. The molecule has 5 N–H and O–H groups in total. The maximum absolute atomic E-state index is 11.8. The predicted octanol–water partition coefficient (Wildman–Crippen LogP) is 1.44. The molecule has 0 bridgehead atoms. The summed E-state index contributed by atoms with van der Waals surface area (Å²) >= 11 is 1.07. The molecule has 118 valence electrons. The Labute approximate surface area is 127 Å². The third-order valence-electron chi connectivity index (χ3n) is 2.85. The number of carbonyl (C=O) groups excluding carboxylic acids is 2. The zero-order valence-electron chi connectivity index (χ0n) is 12.4. The van der Waals surface area contributed by atoms with E-state index in [0.29, 0.717) is 11.6 Å². The van der Waals surface area contributed by atoms with Crippen LogP contribution in [0.4, 0.5) is 10.7 Å². The second-order valence-corrected chi connectivity index (χ2v) is 5.36. The van der Waals surface area contributed by atoms with E-state index in [1.54, 1.807) is 14.0 Å². The van der Waals surface area contributed by atoms with Crippen molar-refractivity contribution in [3.8, 4) is 0 Å². The number of nitrogen functional groups attached to an aromatic ring is 1. The average Bonchev–Trinajstić information content (AvgIpc) is 2.75. The average molecular weight is 315 g/mol. The molecule has 1 heterocycles. The van der Waals surface area contributed by atoms with Crippen LogP contribution in [0, 0.1) is 0 Å². The number of hydrogen-bond acceptors (Lipinski definition) is 7. The first-order valence-electron chi connectivity index (χ1n) is 6.60. The van der Waals surface area contributed by atoms with E-state index in [9.17, 15) is 9.59 Å². The number of esters is 1.